The van der Waals surface area contributed by atoms with Gasteiger partial charge in [0.2, 0.25) is 6.79 Å². The van der Waals surface area contributed by atoms with Crippen LogP contribution in [0.4, 0.5) is 8.78 Å². The maximum atomic E-state index is 12.7. The van der Waals surface area contributed by atoms with Crippen LogP contribution >= 0.6 is 11.3 Å². The van der Waals surface area contributed by atoms with Crippen LogP contribution in [0.15, 0.2) is 34.6 Å². The fourth-order valence-electron chi connectivity index (χ4n) is 2.47. The van der Waals surface area contributed by atoms with E-state index in [1.807, 2.05) is 11.4 Å². The van der Waals surface area contributed by atoms with Crippen molar-refractivity contribution in [3.05, 3.63) is 40.1 Å². The van der Waals surface area contributed by atoms with Crippen molar-refractivity contribution in [3.8, 4) is 17.2 Å². The van der Waals surface area contributed by atoms with Crippen LogP contribution in [0.3, 0.4) is 0 Å². The molecule has 0 spiro atoms. The summed E-state index contributed by atoms with van der Waals surface area (Å²) in [6.07, 6.45) is 0.877. The molecule has 1 aliphatic heterocycles. The summed E-state index contributed by atoms with van der Waals surface area (Å²) in [5.41, 5.74) is 0.524. The number of nitrogens with one attached hydrogen (secondary N) is 2. The molecule has 0 fully saturated rings. The first-order chi connectivity index (χ1) is 12.7. The number of hydrogen-bond acceptors (Lipinski definition) is 5. The van der Waals surface area contributed by atoms with E-state index in [4.69, 9.17) is 9.47 Å². The Hall–Kier alpha value is -2.55. The lowest BCUT2D eigenvalue weighted by Gasteiger charge is -2.15. The lowest BCUT2D eigenvalue weighted by atomic mass is 10.1. The molecule has 0 radical (unpaired) electrons. The fraction of sp³-hybridized carbons (Fsp3) is 0.353. The zero-order valence-electron chi connectivity index (χ0n) is 14.1. The van der Waals surface area contributed by atoms with Gasteiger partial charge in [-0.05, 0) is 23.9 Å². The zero-order chi connectivity index (χ0) is 18.4. The Bertz CT molecular complexity index is 754. The van der Waals surface area contributed by atoms with Gasteiger partial charge in [-0.2, -0.15) is 8.78 Å². The van der Waals surface area contributed by atoms with Crippen molar-refractivity contribution in [1.29, 1.82) is 0 Å². The Balaban J connectivity index is 1.60. The van der Waals surface area contributed by atoms with Crippen LogP contribution in [0.1, 0.15) is 10.4 Å². The molecule has 0 atom stereocenters. The molecule has 0 saturated heterocycles. The molecule has 26 heavy (non-hydrogen) atoms. The fourth-order valence-corrected chi connectivity index (χ4v) is 3.18. The van der Waals surface area contributed by atoms with Crippen LogP contribution in [0.2, 0.25) is 0 Å². The topological polar surface area (TPSA) is 64.1 Å². The molecule has 3 rings (SSSR count). The average molecular weight is 383 g/mol. The summed E-state index contributed by atoms with van der Waals surface area (Å²) in [6.45, 7) is -1.90. The third-order valence-electron chi connectivity index (χ3n) is 3.69. The van der Waals surface area contributed by atoms with Crippen molar-refractivity contribution < 1.29 is 23.0 Å². The molecule has 1 aromatic heterocycles. The average Bonchev–Trinajstić information content (AvgIpc) is 3.28. The highest BCUT2D eigenvalue weighted by molar-refractivity contribution is 7.09. The monoisotopic (exact) mass is 383 g/mol. The SMILES string of the molecule is CN=C(NCCc1cccs1)NCc1cc2c(cc1OC(F)F)OCO2. The van der Waals surface area contributed by atoms with Gasteiger partial charge in [0.05, 0.1) is 0 Å². The van der Waals surface area contributed by atoms with Crippen molar-refractivity contribution in [2.75, 3.05) is 20.4 Å². The Morgan fingerprint density at radius 2 is 2.12 bits per heavy atom. The molecule has 0 amide bonds. The maximum Gasteiger partial charge on any atom is 0.387 e. The minimum atomic E-state index is -2.92. The zero-order valence-corrected chi connectivity index (χ0v) is 14.9. The van der Waals surface area contributed by atoms with E-state index in [9.17, 15) is 8.78 Å². The van der Waals surface area contributed by atoms with Crippen molar-refractivity contribution in [3.63, 3.8) is 0 Å². The summed E-state index contributed by atoms with van der Waals surface area (Å²) in [6, 6.07) is 7.13. The molecule has 0 unspecified atom stereocenters. The van der Waals surface area contributed by atoms with Gasteiger partial charge in [-0.15, -0.1) is 11.3 Å². The van der Waals surface area contributed by atoms with Crippen LogP contribution in [0.25, 0.3) is 0 Å². The van der Waals surface area contributed by atoms with Gasteiger partial charge in [-0.25, -0.2) is 0 Å². The van der Waals surface area contributed by atoms with Crippen molar-refractivity contribution in [2.24, 2.45) is 4.99 Å². The molecule has 6 nitrogen and oxygen atoms in total. The van der Waals surface area contributed by atoms with E-state index in [0.717, 1.165) is 6.42 Å². The summed E-state index contributed by atoms with van der Waals surface area (Å²) in [5, 5.41) is 8.32. The molecular formula is C17H19F2N3O3S. The van der Waals surface area contributed by atoms with Crippen molar-refractivity contribution >= 4 is 17.3 Å². The maximum absolute atomic E-state index is 12.7. The smallest absolute Gasteiger partial charge is 0.387 e. The van der Waals surface area contributed by atoms with Crippen LogP contribution < -0.4 is 24.8 Å². The Morgan fingerprint density at radius 3 is 2.81 bits per heavy atom. The van der Waals surface area contributed by atoms with Crippen LogP contribution in [-0.4, -0.2) is 33.0 Å². The van der Waals surface area contributed by atoms with E-state index in [-0.39, 0.29) is 19.1 Å². The highest BCUT2D eigenvalue weighted by Crippen LogP contribution is 2.38. The highest BCUT2D eigenvalue weighted by Gasteiger charge is 2.20. The predicted octanol–water partition coefficient (Wildman–Crippen LogP) is 2.99. The minimum Gasteiger partial charge on any atom is -0.454 e. The van der Waals surface area contributed by atoms with Gasteiger partial charge in [0, 0.05) is 36.6 Å². The summed E-state index contributed by atoms with van der Waals surface area (Å²) in [5.74, 6) is 1.51. The van der Waals surface area contributed by atoms with E-state index in [1.54, 1.807) is 24.5 Å². The van der Waals surface area contributed by atoms with E-state index in [0.29, 0.717) is 29.6 Å². The summed E-state index contributed by atoms with van der Waals surface area (Å²) in [7, 11) is 1.65. The molecule has 2 heterocycles. The first-order valence-electron chi connectivity index (χ1n) is 8.00. The molecule has 0 aliphatic carbocycles. The summed E-state index contributed by atoms with van der Waals surface area (Å²) < 4.78 is 40.4. The molecule has 2 N–H and O–H groups in total. The molecule has 1 aliphatic rings. The number of alkyl halides is 2. The number of aliphatic imine (C=N–C) groups is 1. The highest BCUT2D eigenvalue weighted by atomic mass is 32.1. The first kappa shape index (κ1) is 18.2. The second-order valence-corrected chi connectivity index (χ2v) is 6.41. The number of hydrogen-bond donors (Lipinski definition) is 2. The molecule has 2 aromatic rings. The lowest BCUT2D eigenvalue weighted by Crippen LogP contribution is -2.37. The van der Waals surface area contributed by atoms with Crippen molar-refractivity contribution in [1.82, 2.24) is 10.6 Å². The Morgan fingerprint density at radius 1 is 1.31 bits per heavy atom. The molecule has 140 valence electrons. The largest absolute Gasteiger partial charge is 0.454 e. The molecule has 0 saturated carbocycles. The number of ether oxygens (including phenoxy) is 3. The number of rotatable bonds is 7. The van der Waals surface area contributed by atoms with Gasteiger partial charge in [-0.1, -0.05) is 6.07 Å². The Labute approximate surface area is 153 Å². The number of thiophene rings is 1. The predicted molar refractivity (Wildman–Crippen MR) is 95.4 cm³/mol. The van der Waals surface area contributed by atoms with E-state index < -0.39 is 6.61 Å². The third kappa shape index (κ3) is 4.75. The molecule has 9 heteroatoms. The minimum absolute atomic E-state index is 0.0470. The van der Waals surface area contributed by atoms with Gasteiger partial charge in [0.1, 0.15) is 5.75 Å². The van der Waals surface area contributed by atoms with Gasteiger partial charge in [0.25, 0.3) is 0 Å². The Kier molecular flexibility index (Phi) is 6.11. The second kappa shape index (κ2) is 8.70. The lowest BCUT2D eigenvalue weighted by molar-refractivity contribution is -0.0505. The van der Waals surface area contributed by atoms with Gasteiger partial charge in [-0.3, -0.25) is 4.99 Å². The standard InChI is InChI=1S/C17H19F2N3O3S/c1-20-17(21-5-4-12-3-2-6-26-12)22-9-11-7-14-15(24-10-23-14)8-13(11)25-16(18)19/h2-3,6-8,16H,4-5,9-10H2,1H3,(H2,20,21,22). The number of fused-ring (bicyclic) bond motifs is 1. The normalized spacial score (nSPS) is 13.2. The van der Waals surface area contributed by atoms with Gasteiger partial charge >= 0.3 is 6.61 Å². The van der Waals surface area contributed by atoms with E-state index >= 15 is 0 Å². The summed E-state index contributed by atoms with van der Waals surface area (Å²) >= 11 is 1.70. The van der Waals surface area contributed by atoms with Crippen LogP contribution in [0.5, 0.6) is 17.2 Å². The van der Waals surface area contributed by atoms with Crippen molar-refractivity contribution in [2.45, 2.75) is 19.6 Å². The quantitative estimate of drug-likeness (QED) is 0.569. The second-order valence-electron chi connectivity index (χ2n) is 5.37. The number of halogens is 2. The van der Waals surface area contributed by atoms with Gasteiger partial charge in [0.15, 0.2) is 17.5 Å². The van der Waals surface area contributed by atoms with E-state index in [2.05, 4.69) is 26.4 Å². The van der Waals surface area contributed by atoms with Crippen LogP contribution in [0, 0.1) is 0 Å². The third-order valence-corrected chi connectivity index (χ3v) is 4.62. The van der Waals surface area contributed by atoms with E-state index in [1.165, 1.54) is 10.9 Å². The van der Waals surface area contributed by atoms with Gasteiger partial charge < -0.3 is 24.8 Å². The molecule has 1 aromatic carbocycles. The number of benzene rings is 1. The number of guanidine groups is 1. The van der Waals surface area contributed by atoms with Crippen LogP contribution in [-0.2, 0) is 13.0 Å². The summed E-state index contributed by atoms with van der Waals surface area (Å²) in [4.78, 5) is 5.41. The number of nitrogens with zero attached hydrogens (tertiary/aromatic N) is 1. The molecule has 0 bridgehead atoms. The first-order valence-corrected chi connectivity index (χ1v) is 8.88. The molecular weight excluding hydrogens is 364 g/mol.